The Balaban J connectivity index is 1.69. The molecule has 0 radical (unpaired) electrons. The van der Waals surface area contributed by atoms with Crippen molar-refractivity contribution in [2.24, 2.45) is 11.8 Å². The van der Waals surface area contributed by atoms with E-state index in [2.05, 4.69) is 35.3 Å². The van der Waals surface area contributed by atoms with E-state index in [-0.39, 0.29) is 0 Å². The van der Waals surface area contributed by atoms with Crippen molar-refractivity contribution in [2.45, 2.75) is 45.6 Å². The molecule has 0 bridgehead atoms. The Morgan fingerprint density at radius 1 is 1.14 bits per heavy atom. The Morgan fingerprint density at radius 3 is 2.62 bits per heavy atom. The molecular weight excluding hydrogens is 260 g/mol. The van der Waals surface area contributed by atoms with Crippen LogP contribution in [0, 0.1) is 11.8 Å². The summed E-state index contributed by atoms with van der Waals surface area (Å²) in [6, 6.07) is 6.55. The molecule has 0 atom stereocenters. The first-order chi connectivity index (χ1) is 10.2. The summed E-state index contributed by atoms with van der Waals surface area (Å²) in [7, 11) is 0. The maximum absolute atomic E-state index is 4.47. The highest BCUT2D eigenvalue weighted by Crippen LogP contribution is 2.32. The van der Waals surface area contributed by atoms with Gasteiger partial charge in [0.15, 0.2) is 5.82 Å². The molecule has 1 saturated carbocycles. The van der Waals surface area contributed by atoms with Gasteiger partial charge in [0.05, 0.1) is 5.69 Å². The molecule has 4 nitrogen and oxygen atoms in total. The Kier molecular flexibility index (Phi) is 4.23. The van der Waals surface area contributed by atoms with Crippen molar-refractivity contribution in [1.29, 1.82) is 0 Å². The van der Waals surface area contributed by atoms with Crippen LogP contribution in [0.2, 0.25) is 0 Å². The minimum atomic E-state index is 0.554. The van der Waals surface area contributed by atoms with E-state index in [0.29, 0.717) is 6.04 Å². The van der Waals surface area contributed by atoms with Gasteiger partial charge in [0, 0.05) is 24.6 Å². The van der Waals surface area contributed by atoms with E-state index in [1.807, 2.05) is 29.2 Å². The third-order valence-corrected chi connectivity index (χ3v) is 4.58. The molecule has 4 heteroatoms. The molecule has 21 heavy (non-hydrogen) atoms. The van der Waals surface area contributed by atoms with Crippen molar-refractivity contribution in [3.05, 3.63) is 36.8 Å². The number of hydrogen-bond donors (Lipinski definition) is 1. The van der Waals surface area contributed by atoms with Gasteiger partial charge < -0.3 is 5.32 Å². The second kappa shape index (κ2) is 6.29. The number of pyridine rings is 1. The maximum Gasteiger partial charge on any atom is 0.176 e. The lowest BCUT2D eigenvalue weighted by Gasteiger charge is -2.32. The van der Waals surface area contributed by atoms with Gasteiger partial charge in [0.2, 0.25) is 0 Å². The molecule has 0 saturated heterocycles. The van der Waals surface area contributed by atoms with Crippen LogP contribution in [0.25, 0.3) is 5.82 Å². The minimum Gasteiger partial charge on any atom is -0.379 e. The molecule has 0 spiro atoms. The highest BCUT2D eigenvalue weighted by atomic mass is 15.3. The fourth-order valence-electron chi connectivity index (χ4n) is 3.24. The normalized spacial score (nSPS) is 22.4. The van der Waals surface area contributed by atoms with Crippen molar-refractivity contribution in [3.63, 3.8) is 0 Å². The second-order valence-corrected chi connectivity index (χ2v) is 6.33. The monoisotopic (exact) mass is 284 g/mol. The molecule has 0 aromatic carbocycles. The summed E-state index contributed by atoms with van der Waals surface area (Å²) < 4.78 is 1.82. The first kappa shape index (κ1) is 14.1. The van der Waals surface area contributed by atoms with Crippen molar-refractivity contribution in [2.75, 3.05) is 5.32 Å². The van der Waals surface area contributed by atoms with Gasteiger partial charge in [0.1, 0.15) is 0 Å². The highest BCUT2D eigenvalue weighted by Gasteiger charge is 2.23. The number of rotatable bonds is 4. The zero-order valence-electron chi connectivity index (χ0n) is 12.9. The van der Waals surface area contributed by atoms with Crippen molar-refractivity contribution in [3.8, 4) is 5.82 Å². The zero-order chi connectivity index (χ0) is 14.7. The molecular formula is C17H24N4. The Morgan fingerprint density at radius 2 is 1.95 bits per heavy atom. The zero-order valence-corrected chi connectivity index (χ0v) is 12.9. The van der Waals surface area contributed by atoms with Gasteiger partial charge in [0.25, 0.3) is 0 Å². The van der Waals surface area contributed by atoms with Gasteiger partial charge in [-0.15, -0.1) is 0 Å². The van der Waals surface area contributed by atoms with Crippen LogP contribution >= 0.6 is 0 Å². The third kappa shape index (κ3) is 3.26. The Bertz CT molecular complexity index is 554. The molecule has 3 rings (SSSR count). The Labute approximate surface area is 126 Å². The number of nitrogens with one attached hydrogen (secondary N) is 1. The number of hydrogen-bond acceptors (Lipinski definition) is 3. The lowest BCUT2D eigenvalue weighted by Crippen LogP contribution is -2.28. The van der Waals surface area contributed by atoms with Gasteiger partial charge in [-0.3, -0.25) is 0 Å². The van der Waals surface area contributed by atoms with Crippen LogP contribution in [-0.2, 0) is 0 Å². The summed E-state index contributed by atoms with van der Waals surface area (Å²) >= 11 is 0. The molecule has 1 aliphatic carbocycles. The number of anilines is 1. The fourth-order valence-corrected chi connectivity index (χ4v) is 3.24. The van der Waals surface area contributed by atoms with Crippen molar-refractivity contribution in [1.82, 2.24) is 14.8 Å². The van der Waals surface area contributed by atoms with E-state index >= 15 is 0 Å². The largest absolute Gasteiger partial charge is 0.379 e. The molecule has 112 valence electrons. The van der Waals surface area contributed by atoms with Crippen LogP contribution in [0.3, 0.4) is 0 Å². The van der Waals surface area contributed by atoms with Crippen LogP contribution in [0.1, 0.15) is 39.5 Å². The lowest BCUT2D eigenvalue weighted by molar-refractivity contribution is 0.267. The highest BCUT2D eigenvalue weighted by molar-refractivity contribution is 5.56. The van der Waals surface area contributed by atoms with E-state index in [9.17, 15) is 0 Å². The average molecular weight is 284 g/mol. The van der Waals surface area contributed by atoms with Crippen molar-refractivity contribution >= 4 is 5.69 Å². The van der Waals surface area contributed by atoms with Crippen LogP contribution < -0.4 is 5.32 Å². The summed E-state index contributed by atoms with van der Waals surface area (Å²) in [5.41, 5.74) is 1.08. The standard InChI is InChI=1S/C17H24N4/c1-13(2)14-6-8-15(9-7-14)20-16-5-3-10-18-17(16)21-12-4-11-19-21/h3-5,10-15,20H,6-9H2,1-2H3. The molecule has 1 aliphatic rings. The quantitative estimate of drug-likeness (QED) is 0.926. The Hall–Kier alpha value is -1.84. The van der Waals surface area contributed by atoms with Crippen LogP contribution in [0.4, 0.5) is 5.69 Å². The van der Waals surface area contributed by atoms with E-state index in [1.165, 1.54) is 25.7 Å². The first-order valence-corrected chi connectivity index (χ1v) is 7.95. The van der Waals surface area contributed by atoms with E-state index in [0.717, 1.165) is 23.3 Å². The first-order valence-electron chi connectivity index (χ1n) is 7.95. The van der Waals surface area contributed by atoms with Gasteiger partial charge in [-0.05, 0) is 55.7 Å². The average Bonchev–Trinajstić information content (AvgIpc) is 3.02. The van der Waals surface area contributed by atoms with Crippen molar-refractivity contribution < 1.29 is 0 Å². The van der Waals surface area contributed by atoms with Crippen LogP contribution in [-0.4, -0.2) is 20.8 Å². The summed E-state index contributed by atoms with van der Waals surface area (Å²) in [6.45, 7) is 4.69. The van der Waals surface area contributed by atoms with Gasteiger partial charge in [-0.1, -0.05) is 13.8 Å². The maximum atomic E-state index is 4.47. The second-order valence-electron chi connectivity index (χ2n) is 6.33. The molecule has 0 aliphatic heterocycles. The predicted octanol–water partition coefficient (Wildman–Crippen LogP) is 3.89. The lowest BCUT2D eigenvalue weighted by atomic mass is 9.79. The summed E-state index contributed by atoms with van der Waals surface area (Å²) in [5, 5.41) is 7.96. The SMILES string of the molecule is CC(C)C1CCC(Nc2cccnc2-n2cccn2)CC1. The van der Waals surface area contributed by atoms with Gasteiger partial charge in [-0.2, -0.15) is 5.10 Å². The predicted molar refractivity (Wildman–Crippen MR) is 85.6 cm³/mol. The smallest absolute Gasteiger partial charge is 0.176 e. The molecule has 2 aromatic rings. The van der Waals surface area contributed by atoms with Crippen LogP contribution in [0.5, 0.6) is 0 Å². The molecule has 2 aromatic heterocycles. The topological polar surface area (TPSA) is 42.7 Å². The van der Waals surface area contributed by atoms with E-state index in [4.69, 9.17) is 0 Å². The summed E-state index contributed by atoms with van der Waals surface area (Å²) in [4.78, 5) is 4.47. The summed E-state index contributed by atoms with van der Waals surface area (Å²) in [6.07, 6.45) is 10.7. The van der Waals surface area contributed by atoms with Gasteiger partial charge in [-0.25, -0.2) is 9.67 Å². The number of aromatic nitrogens is 3. The van der Waals surface area contributed by atoms with Crippen LogP contribution in [0.15, 0.2) is 36.8 Å². The number of nitrogens with zero attached hydrogens (tertiary/aromatic N) is 3. The third-order valence-electron chi connectivity index (χ3n) is 4.58. The molecule has 1 N–H and O–H groups in total. The molecule has 2 heterocycles. The molecule has 0 unspecified atom stereocenters. The summed E-state index contributed by atoms with van der Waals surface area (Å²) in [5.74, 6) is 2.58. The molecule has 0 amide bonds. The van der Waals surface area contributed by atoms with Gasteiger partial charge >= 0.3 is 0 Å². The molecule has 1 fully saturated rings. The fraction of sp³-hybridized carbons (Fsp3) is 0.529. The minimum absolute atomic E-state index is 0.554. The van der Waals surface area contributed by atoms with E-state index in [1.54, 1.807) is 6.20 Å². The van der Waals surface area contributed by atoms with E-state index < -0.39 is 0 Å².